The highest BCUT2D eigenvalue weighted by molar-refractivity contribution is 5.78. The van der Waals surface area contributed by atoms with Crippen LogP contribution in [0.1, 0.15) is 12.0 Å². The van der Waals surface area contributed by atoms with E-state index in [1.807, 2.05) is 12.1 Å². The van der Waals surface area contributed by atoms with Crippen LogP contribution < -0.4 is 11.1 Å². The third-order valence-corrected chi connectivity index (χ3v) is 2.22. The zero-order valence-electron chi connectivity index (χ0n) is 9.82. The first-order valence-electron chi connectivity index (χ1n) is 5.56. The van der Waals surface area contributed by atoms with Crippen molar-refractivity contribution in [3.05, 3.63) is 42.7 Å². The predicted octanol–water partition coefficient (Wildman–Crippen LogP) is 1.48. The number of anilines is 1. The maximum atomic E-state index is 11.5. The first-order valence-corrected chi connectivity index (χ1v) is 5.56. The van der Waals surface area contributed by atoms with Crippen molar-refractivity contribution in [1.29, 1.82) is 0 Å². The van der Waals surface area contributed by atoms with Gasteiger partial charge in [-0.25, -0.2) is 0 Å². The molecule has 0 bridgehead atoms. The summed E-state index contributed by atoms with van der Waals surface area (Å²) in [6.45, 7) is 4.62. The van der Waals surface area contributed by atoms with Crippen LogP contribution in [0, 0.1) is 0 Å². The van der Waals surface area contributed by atoms with Crippen LogP contribution in [0.5, 0.6) is 0 Å². The zero-order valence-corrected chi connectivity index (χ0v) is 9.82. The Hall–Kier alpha value is -1.97. The van der Waals surface area contributed by atoms with E-state index in [9.17, 15) is 4.79 Å². The number of ether oxygens (including phenoxy) is 1. The maximum absolute atomic E-state index is 11.5. The van der Waals surface area contributed by atoms with Gasteiger partial charge < -0.3 is 15.8 Å². The number of carbonyl (C=O) groups is 1. The van der Waals surface area contributed by atoms with Gasteiger partial charge in [0.25, 0.3) is 0 Å². The first-order chi connectivity index (χ1) is 8.22. The molecule has 0 aromatic heterocycles. The fourth-order valence-electron chi connectivity index (χ4n) is 1.35. The Morgan fingerprint density at radius 1 is 1.41 bits per heavy atom. The molecular formula is C13H18N2O2. The van der Waals surface area contributed by atoms with Crippen molar-refractivity contribution in [2.24, 2.45) is 0 Å². The molecule has 1 aromatic carbocycles. The molecule has 0 spiro atoms. The van der Waals surface area contributed by atoms with Crippen molar-refractivity contribution in [2.45, 2.75) is 12.8 Å². The van der Waals surface area contributed by atoms with E-state index < -0.39 is 0 Å². The summed E-state index contributed by atoms with van der Waals surface area (Å²) < 4.78 is 4.95. The molecule has 0 saturated carbocycles. The Morgan fingerprint density at radius 3 is 2.76 bits per heavy atom. The largest absolute Gasteiger partial charge is 0.502 e. The molecule has 1 rings (SSSR count). The minimum absolute atomic E-state index is 0.00775. The van der Waals surface area contributed by atoms with Crippen LogP contribution >= 0.6 is 0 Å². The van der Waals surface area contributed by atoms with Crippen molar-refractivity contribution < 1.29 is 9.53 Å². The number of hydrogen-bond donors (Lipinski definition) is 2. The highest BCUT2D eigenvalue weighted by Crippen LogP contribution is 2.05. The summed E-state index contributed by atoms with van der Waals surface area (Å²) in [7, 11) is 0. The lowest BCUT2D eigenvalue weighted by atomic mass is 10.1. The van der Waals surface area contributed by atoms with E-state index in [0.29, 0.717) is 25.3 Å². The maximum Gasteiger partial charge on any atom is 0.224 e. The van der Waals surface area contributed by atoms with E-state index in [-0.39, 0.29) is 5.91 Å². The molecule has 0 atom stereocenters. The van der Waals surface area contributed by atoms with Crippen molar-refractivity contribution in [2.75, 3.05) is 18.9 Å². The van der Waals surface area contributed by atoms with E-state index in [1.165, 1.54) is 6.26 Å². The lowest BCUT2D eigenvalue weighted by Gasteiger charge is -2.05. The second-order valence-corrected chi connectivity index (χ2v) is 3.66. The molecule has 0 saturated heterocycles. The number of amides is 1. The molecule has 0 aliphatic carbocycles. The number of nitrogen functional groups attached to an aromatic ring is 1. The summed E-state index contributed by atoms with van der Waals surface area (Å²) in [5, 5.41) is 2.82. The number of carbonyl (C=O) groups excluding carboxylic acids is 1. The lowest BCUT2D eigenvalue weighted by molar-refractivity contribution is -0.120. The van der Waals surface area contributed by atoms with Gasteiger partial charge in [0.2, 0.25) is 5.91 Å². The average Bonchev–Trinajstić information content (AvgIpc) is 2.32. The molecule has 1 amide bonds. The van der Waals surface area contributed by atoms with Crippen LogP contribution in [0.15, 0.2) is 37.1 Å². The summed E-state index contributed by atoms with van der Waals surface area (Å²) in [5.41, 5.74) is 7.22. The van der Waals surface area contributed by atoms with Crippen molar-refractivity contribution in [3.63, 3.8) is 0 Å². The van der Waals surface area contributed by atoms with Crippen LogP contribution in [-0.4, -0.2) is 19.1 Å². The molecule has 4 nitrogen and oxygen atoms in total. The Kier molecular flexibility index (Phi) is 5.64. The van der Waals surface area contributed by atoms with Gasteiger partial charge >= 0.3 is 0 Å². The van der Waals surface area contributed by atoms with E-state index in [2.05, 4.69) is 11.9 Å². The number of nitrogens with one attached hydrogen (secondary N) is 1. The molecule has 0 radical (unpaired) electrons. The van der Waals surface area contributed by atoms with Gasteiger partial charge in [0.1, 0.15) is 0 Å². The molecule has 3 N–H and O–H groups in total. The fraction of sp³-hybridized carbons (Fsp3) is 0.308. The van der Waals surface area contributed by atoms with E-state index in [1.54, 1.807) is 12.1 Å². The normalized spacial score (nSPS) is 9.65. The van der Waals surface area contributed by atoms with Crippen LogP contribution in [-0.2, 0) is 16.0 Å². The van der Waals surface area contributed by atoms with Gasteiger partial charge in [0.05, 0.1) is 19.3 Å². The number of hydrogen-bond acceptors (Lipinski definition) is 3. The molecule has 0 aliphatic rings. The molecular weight excluding hydrogens is 216 g/mol. The first kappa shape index (κ1) is 13.1. The lowest BCUT2D eigenvalue weighted by Crippen LogP contribution is -2.26. The molecule has 1 aromatic rings. The van der Waals surface area contributed by atoms with E-state index in [4.69, 9.17) is 10.5 Å². The summed E-state index contributed by atoms with van der Waals surface area (Å²) in [6, 6.07) is 7.30. The van der Waals surface area contributed by atoms with Crippen molar-refractivity contribution >= 4 is 11.6 Å². The van der Waals surface area contributed by atoms with Gasteiger partial charge in [-0.2, -0.15) is 0 Å². The smallest absolute Gasteiger partial charge is 0.224 e. The van der Waals surface area contributed by atoms with Gasteiger partial charge in [-0.05, 0) is 24.1 Å². The van der Waals surface area contributed by atoms with E-state index in [0.717, 1.165) is 12.0 Å². The van der Waals surface area contributed by atoms with Crippen LogP contribution in [0.2, 0.25) is 0 Å². The Balaban J connectivity index is 2.20. The Bertz CT molecular complexity index is 360. The highest BCUT2D eigenvalue weighted by atomic mass is 16.5. The molecule has 0 aliphatic heterocycles. The molecule has 4 heteroatoms. The minimum atomic E-state index is 0.00775. The molecule has 0 fully saturated rings. The number of rotatable bonds is 7. The topological polar surface area (TPSA) is 64.3 Å². The monoisotopic (exact) mass is 234 g/mol. The third-order valence-electron chi connectivity index (χ3n) is 2.22. The Labute approximate surface area is 101 Å². The van der Waals surface area contributed by atoms with E-state index >= 15 is 0 Å². The van der Waals surface area contributed by atoms with Crippen LogP contribution in [0.25, 0.3) is 0 Å². The molecule has 0 unspecified atom stereocenters. The second kappa shape index (κ2) is 7.33. The summed E-state index contributed by atoms with van der Waals surface area (Å²) >= 11 is 0. The highest BCUT2D eigenvalue weighted by Gasteiger charge is 2.02. The van der Waals surface area contributed by atoms with Crippen LogP contribution in [0.4, 0.5) is 5.69 Å². The van der Waals surface area contributed by atoms with Gasteiger partial charge in [-0.1, -0.05) is 18.7 Å². The number of nitrogens with two attached hydrogens (primary N) is 1. The molecule has 17 heavy (non-hydrogen) atoms. The summed E-state index contributed by atoms with van der Waals surface area (Å²) in [5.74, 6) is 0.00775. The third kappa shape index (κ3) is 5.61. The summed E-state index contributed by atoms with van der Waals surface area (Å²) in [6.07, 6.45) is 2.55. The SMILES string of the molecule is C=COCCCNC(=O)Cc1ccc(N)cc1. The summed E-state index contributed by atoms with van der Waals surface area (Å²) in [4.78, 5) is 11.5. The van der Waals surface area contributed by atoms with Crippen molar-refractivity contribution in [3.8, 4) is 0 Å². The molecule has 92 valence electrons. The zero-order chi connectivity index (χ0) is 12.5. The van der Waals surface area contributed by atoms with Gasteiger partial charge in [-0.3, -0.25) is 4.79 Å². The van der Waals surface area contributed by atoms with Gasteiger partial charge in [0, 0.05) is 12.2 Å². The van der Waals surface area contributed by atoms with Gasteiger partial charge in [-0.15, -0.1) is 0 Å². The Morgan fingerprint density at radius 2 is 2.12 bits per heavy atom. The predicted molar refractivity (Wildman–Crippen MR) is 68.3 cm³/mol. The quantitative estimate of drug-likeness (QED) is 0.426. The van der Waals surface area contributed by atoms with Gasteiger partial charge in [0.15, 0.2) is 0 Å². The molecule has 0 heterocycles. The number of benzene rings is 1. The fourth-order valence-corrected chi connectivity index (χ4v) is 1.35. The standard InChI is InChI=1S/C13H18N2O2/c1-2-17-9-3-8-15-13(16)10-11-4-6-12(14)7-5-11/h2,4-7H,1,3,8-10,14H2,(H,15,16). The van der Waals surface area contributed by atoms with Crippen LogP contribution in [0.3, 0.4) is 0 Å². The average molecular weight is 234 g/mol. The minimum Gasteiger partial charge on any atom is -0.502 e. The second-order valence-electron chi connectivity index (χ2n) is 3.66. The van der Waals surface area contributed by atoms with Crippen molar-refractivity contribution in [1.82, 2.24) is 5.32 Å².